The first-order valence-electron chi connectivity index (χ1n) is 6.79. The average Bonchev–Trinajstić information content (AvgIpc) is 2.83. The Morgan fingerprint density at radius 3 is 2.35 bits per heavy atom. The largest absolute Gasteiger partial charge is 0.396 e. The minimum atomic E-state index is 0.169. The molecule has 2 aromatic heterocycles. The Kier molecular flexibility index (Phi) is 2.78. The lowest BCUT2D eigenvalue weighted by Gasteiger charge is -2.18. The summed E-state index contributed by atoms with van der Waals surface area (Å²) in [4.78, 5) is 4.61. The lowest BCUT2D eigenvalue weighted by Crippen LogP contribution is -2.10. The molecule has 1 aromatic carbocycles. The quantitative estimate of drug-likeness (QED) is 0.725. The number of pyridine rings is 1. The van der Waals surface area contributed by atoms with Crippen LogP contribution in [0.3, 0.4) is 0 Å². The Labute approximate surface area is 119 Å². The molecular weight excluding hydrogens is 246 g/mol. The summed E-state index contributed by atoms with van der Waals surface area (Å²) in [6.45, 7) is 6.65. The lowest BCUT2D eigenvalue weighted by atomic mass is 9.86. The predicted octanol–water partition coefficient (Wildman–Crippen LogP) is 3.88. The minimum Gasteiger partial charge on any atom is -0.396 e. The van der Waals surface area contributed by atoms with Crippen LogP contribution in [0.2, 0.25) is 0 Å². The topological polar surface area (TPSA) is 43.3 Å². The summed E-state index contributed by atoms with van der Waals surface area (Å²) in [7, 11) is 0. The SMILES string of the molecule is CC(C)(C)c1ccc(-c2cn3cccc(N)c3n2)cc1. The number of hydrogen-bond acceptors (Lipinski definition) is 2. The van der Waals surface area contributed by atoms with Gasteiger partial charge in [0.15, 0.2) is 5.65 Å². The Bertz CT molecular complexity index is 746. The summed E-state index contributed by atoms with van der Waals surface area (Å²) < 4.78 is 1.96. The second kappa shape index (κ2) is 4.37. The second-order valence-corrected chi connectivity index (χ2v) is 6.15. The van der Waals surface area contributed by atoms with Gasteiger partial charge in [0.1, 0.15) is 0 Å². The third-order valence-corrected chi connectivity index (χ3v) is 3.56. The Morgan fingerprint density at radius 1 is 1.05 bits per heavy atom. The van der Waals surface area contributed by atoms with E-state index in [2.05, 4.69) is 50.0 Å². The van der Waals surface area contributed by atoms with Crippen LogP contribution in [0.5, 0.6) is 0 Å². The van der Waals surface area contributed by atoms with E-state index in [-0.39, 0.29) is 5.41 Å². The second-order valence-electron chi connectivity index (χ2n) is 6.15. The summed E-state index contributed by atoms with van der Waals surface area (Å²) in [5.74, 6) is 0. The first-order chi connectivity index (χ1) is 9.45. The van der Waals surface area contributed by atoms with E-state index in [1.54, 1.807) is 0 Å². The molecule has 0 aliphatic rings. The molecule has 0 spiro atoms. The van der Waals surface area contributed by atoms with Gasteiger partial charge in [-0.2, -0.15) is 0 Å². The molecule has 0 amide bonds. The number of imidazole rings is 1. The summed E-state index contributed by atoms with van der Waals surface area (Å²) >= 11 is 0. The van der Waals surface area contributed by atoms with Crippen LogP contribution in [0.1, 0.15) is 26.3 Å². The molecule has 3 aromatic rings. The van der Waals surface area contributed by atoms with Crippen molar-refractivity contribution < 1.29 is 0 Å². The maximum Gasteiger partial charge on any atom is 0.160 e. The average molecular weight is 265 g/mol. The van der Waals surface area contributed by atoms with Crippen molar-refractivity contribution >= 4 is 11.3 Å². The number of nitrogens with two attached hydrogens (primary N) is 1. The van der Waals surface area contributed by atoms with E-state index in [0.717, 1.165) is 16.9 Å². The van der Waals surface area contributed by atoms with Crippen LogP contribution in [0.15, 0.2) is 48.8 Å². The first kappa shape index (κ1) is 12.7. The summed E-state index contributed by atoms with van der Waals surface area (Å²) in [5, 5.41) is 0. The molecule has 0 aliphatic carbocycles. The van der Waals surface area contributed by atoms with Gasteiger partial charge in [0.05, 0.1) is 11.4 Å². The van der Waals surface area contributed by atoms with Crippen LogP contribution >= 0.6 is 0 Å². The van der Waals surface area contributed by atoms with Gasteiger partial charge in [-0.25, -0.2) is 4.98 Å². The molecule has 0 atom stereocenters. The zero-order valence-electron chi connectivity index (χ0n) is 12.1. The Morgan fingerprint density at radius 2 is 1.75 bits per heavy atom. The fourth-order valence-electron chi connectivity index (χ4n) is 2.31. The van der Waals surface area contributed by atoms with Gasteiger partial charge in [-0.3, -0.25) is 0 Å². The standard InChI is InChI=1S/C17H19N3/c1-17(2,3)13-8-6-12(7-9-13)15-11-20-10-4-5-14(18)16(20)19-15/h4-11H,18H2,1-3H3. The minimum absolute atomic E-state index is 0.169. The van der Waals surface area contributed by atoms with Gasteiger partial charge in [-0.1, -0.05) is 45.0 Å². The highest BCUT2D eigenvalue weighted by atomic mass is 15.0. The van der Waals surface area contributed by atoms with Crippen LogP contribution in [0.25, 0.3) is 16.9 Å². The summed E-state index contributed by atoms with van der Waals surface area (Å²) in [6.07, 6.45) is 3.98. The van der Waals surface area contributed by atoms with Gasteiger partial charge in [0.2, 0.25) is 0 Å². The maximum atomic E-state index is 5.95. The third kappa shape index (κ3) is 2.16. The van der Waals surface area contributed by atoms with Crippen LogP contribution in [-0.2, 0) is 5.41 Å². The van der Waals surface area contributed by atoms with Crippen molar-refractivity contribution in [3.05, 3.63) is 54.4 Å². The molecule has 3 rings (SSSR count). The molecule has 3 nitrogen and oxygen atoms in total. The number of nitrogen functional groups attached to an aromatic ring is 1. The van der Waals surface area contributed by atoms with Crippen LogP contribution in [-0.4, -0.2) is 9.38 Å². The molecule has 0 aliphatic heterocycles. The highest BCUT2D eigenvalue weighted by molar-refractivity contribution is 5.70. The molecule has 2 N–H and O–H groups in total. The summed E-state index contributed by atoms with van der Waals surface area (Å²) in [5.41, 5.74) is 11.0. The van der Waals surface area contributed by atoms with Crippen molar-refractivity contribution in [2.24, 2.45) is 0 Å². The number of rotatable bonds is 1. The fraction of sp³-hybridized carbons (Fsp3) is 0.235. The van der Waals surface area contributed by atoms with Crippen LogP contribution in [0, 0.1) is 0 Å². The third-order valence-electron chi connectivity index (χ3n) is 3.56. The van der Waals surface area contributed by atoms with E-state index >= 15 is 0 Å². The molecule has 0 radical (unpaired) electrons. The van der Waals surface area contributed by atoms with Gasteiger partial charge < -0.3 is 10.1 Å². The zero-order valence-corrected chi connectivity index (χ0v) is 12.1. The van der Waals surface area contributed by atoms with Gasteiger partial charge in [0.25, 0.3) is 0 Å². The summed E-state index contributed by atoms with van der Waals surface area (Å²) in [6, 6.07) is 12.4. The number of aromatic nitrogens is 2. The smallest absolute Gasteiger partial charge is 0.160 e. The van der Waals surface area contributed by atoms with E-state index in [0.29, 0.717) is 5.69 Å². The van der Waals surface area contributed by atoms with E-state index in [1.807, 2.05) is 28.9 Å². The van der Waals surface area contributed by atoms with Gasteiger partial charge in [-0.15, -0.1) is 0 Å². The van der Waals surface area contributed by atoms with Crippen LogP contribution in [0.4, 0.5) is 5.69 Å². The number of fused-ring (bicyclic) bond motifs is 1. The van der Waals surface area contributed by atoms with Crippen molar-refractivity contribution in [1.29, 1.82) is 0 Å². The van der Waals surface area contributed by atoms with E-state index in [4.69, 9.17) is 5.73 Å². The molecule has 0 unspecified atom stereocenters. The molecule has 102 valence electrons. The first-order valence-corrected chi connectivity index (χ1v) is 6.79. The number of anilines is 1. The molecule has 0 saturated heterocycles. The molecule has 2 heterocycles. The Hall–Kier alpha value is -2.29. The van der Waals surface area contributed by atoms with Crippen molar-refractivity contribution in [2.75, 3.05) is 5.73 Å². The van der Waals surface area contributed by atoms with Crippen molar-refractivity contribution in [1.82, 2.24) is 9.38 Å². The molecule has 20 heavy (non-hydrogen) atoms. The number of benzene rings is 1. The molecule has 0 bridgehead atoms. The van der Waals surface area contributed by atoms with Gasteiger partial charge in [-0.05, 0) is 23.1 Å². The monoisotopic (exact) mass is 265 g/mol. The van der Waals surface area contributed by atoms with Crippen LogP contribution < -0.4 is 5.73 Å². The molecule has 3 heteroatoms. The maximum absolute atomic E-state index is 5.95. The normalized spacial score (nSPS) is 11.9. The molecule has 0 fully saturated rings. The van der Waals surface area contributed by atoms with E-state index < -0.39 is 0 Å². The van der Waals surface area contributed by atoms with E-state index in [1.165, 1.54) is 5.56 Å². The lowest BCUT2D eigenvalue weighted by molar-refractivity contribution is 0.590. The predicted molar refractivity (Wildman–Crippen MR) is 83.7 cm³/mol. The van der Waals surface area contributed by atoms with Gasteiger partial charge >= 0.3 is 0 Å². The molecule has 0 saturated carbocycles. The Balaban J connectivity index is 2.05. The molecular formula is C17H19N3. The highest BCUT2D eigenvalue weighted by Crippen LogP contribution is 2.26. The zero-order chi connectivity index (χ0) is 14.3. The number of hydrogen-bond donors (Lipinski definition) is 1. The van der Waals surface area contributed by atoms with Crippen molar-refractivity contribution in [2.45, 2.75) is 26.2 Å². The van der Waals surface area contributed by atoms with E-state index in [9.17, 15) is 0 Å². The highest BCUT2D eigenvalue weighted by Gasteiger charge is 2.13. The van der Waals surface area contributed by atoms with Crippen molar-refractivity contribution in [3.8, 4) is 11.3 Å². The van der Waals surface area contributed by atoms with Crippen molar-refractivity contribution in [3.63, 3.8) is 0 Å². The number of nitrogens with zero attached hydrogens (tertiary/aromatic N) is 2. The van der Waals surface area contributed by atoms with Gasteiger partial charge in [0, 0.05) is 18.0 Å². The fourth-order valence-corrected chi connectivity index (χ4v) is 2.31.